The predicted octanol–water partition coefficient (Wildman–Crippen LogP) is 3.91. The summed E-state index contributed by atoms with van der Waals surface area (Å²) in [4.78, 5) is 18.7. The van der Waals surface area contributed by atoms with E-state index in [-0.39, 0.29) is 6.03 Å². The number of nitrogens with one attached hydrogen (secondary N) is 1. The summed E-state index contributed by atoms with van der Waals surface area (Å²) in [5.41, 5.74) is 3.90. The van der Waals surface area contributed by atoms with Gasteiger partial charge in [0.25, 0.3) is 0 Å². The van der Waals surface area contributed by atoms with Gasteiger partial charge in [-0.1, -0.05) is 13.8 Å². The number of rotatable bonds is 6. The number of urea groups is 1. The molecule has 25 heavy (non-hydrogen) atoms. The molecule has 0 aliphatic rings. The molecular formula is C19H29N5O. The number of carbonyl (C=O) groups is 1. The zero-order valence-electron chi connectivity index (χ0n) is 16.1. The minimum Gasteiger partial charge on any atom is -0.322 e. The molecule has 0 aromatic carbocycles. The number of hydrogen-bond donors (Lipinski definition) is 1. The number of aryl methyl sites for hydroxylation is 4. The summed E-state index contributed by atoms with van der Waals surface area (Å²) in [5.74, 6) is 1.33. The van der Waals surface area contributed by atoms with Gasteiger partial charge in [-0.2, -0.15) is 5.10 Å². The molecule has 0 unspecified atom stereocenters. The lowest BCUT2D eigenvalue weighted by atomic mass is 10.1. The van der Waals surface area contributed by atoms with E-state index in [0.29, 0.717) is 12.5 Å². The Labute approximate surface area is 150 Å². The van der Waals surface area contributed by atoms with E-state index in [0.717, 1.165) is 41.4 Å². The summed E-state index contributed by atoms with van der Waals surface area (Å²) in [7, 11) is 1.77. The lowest BCUT2D eigenvalue weighted by Gasteiger charge is -2.18. The van der Waals surface area contributed by atoms with E-state index in [1.165, 1.54) is 0 Å². The molecule has 2 amide bonds. The van der Waals surface area contributed by atoms with Gasteiger partial charge in [-0.25, -0.2) is 9.48 Å². The lowest BCUT2D eigenvalue weighted by molar-refractivity contribution is 0.220. The second-order valence-corrected chi connectivity index (χ2v) is 7.14. The molecule has 0 aliphatic heterocycles. The van der Waals surface area contributed by atoms with E-state index in [4.69, 9.17) is 0 Å². The maximum atomic E-state index is 12.5. The van der Waals surface area contributed by atoms with Crippen LogP contribution in [0.2, 0.25) is 0 Å². The van der Waals surface area contributed by atoms with Crippen molar-refractivity contribution in [2.45, 2.75) is 54.1 Å². The fraction of sp³-hybridized carbons (Fsp3) is 0.526. The maximum Gasteiger partial charge on any atom is 0.323 e. The summed E-state index contributed by atoms with van der Waals surface area (Å²) in [6.07, 6.45) is 1.02. The highest BCUT2D eigenvalue weighted by molar-refractivity contribution is 5.88. The number of amides is 2. The number of aromatic nitrogens is 3. The van der Waals surface area contributed by atoms with Crippen molar-refractivity contribution in [1.82, 2.24) is 19.7 Å². The molecule has 136 valence electrons. The van der Waals surface area contributed by atoms with Crippen LogP contribution in [0.1, 0.15) is 42.9 Å². The van der Waals surface area contributed by atoms with Crippen LogP contribution in [-0.2, 0) is 13.1 Å². The van der Waals surface area contributed by atoms with Gasteiger partial charge in [-0.05, 0) is 50.8 Å². The standard InChI is InChI=1S/C19H29N5O/c1-13(2)7-8-24-18(11-16(5)22-24)21-19(25)23(6)12-17-10-14(3)9-15(4)20-17/h9-11,13H,7-8,12H2,1-6H3,(H,21,25). The van der Waals surface area contributed by atoms with Crippen LogP contribution in [0.3, 0.4) is 0 Å². The Kier molecular flexibility index (Phi) is 6.17. The van der Waals surface area contributed by atoms with E-state index >= 15 is 0 Å². The van der Waals surface area contributed by atoms with Crippen molar-refractivity contribution < 1.29 is 4.79 Å². The highest BCUT2D eigenvalue weighted by atomic mass is 16.2. The van der Waals surface area contributed by atoms with Crippen molar-refractivity contribution >= 4 is 11.8 Å². The molecule has 6 heteroatoms. The third-order valence-corrected chi connectivity index (χ3v) is 3.95. The molecule has 0 spiro atoms. The number of pyridine rings is 1. The van der Waals surface area contributed by atoms with Crippen molar-refractivity contribution in [2.24, 2.45) is 5.92 Å². The molecule has 0 saturated heterocycles. The smallest absolute Gasteiger partial charge is 0.322 e. The van der Waals surface area contributed by atoms with Crippen LogP contribution in [0.4, 0.5) is 10.6 Å². The zero-order chi connectivity index (χ0) is 18.6. The summed E-state index contributed by atoms with van der Waals surface area (Å²) < 4.78 is 1.87. The monoisotopic (exact) mass is 343 g/mol. The normalized spacial score (nSPS) is 11.0. The topological polar surface area (TPSA) is 63.1 Å². The minimum absolute atomic E-state index is 0.161. The van der Waals surface area contributed by atoms with E-state index in [9.17, 15) is 4.79 Å². The van der Waals surface area contributed by atoms with Gasteiger partial charge in [0.15, 0.2) is 0 Å². The van der Waals surface area contributed by atoms with Crippen LogP contribution in [0, 0.1) is 26.7 Å². The molecule has 2 heterocycles. The summed E-state index contributed by atoms with van der Waals surface area (Å²) >= 11 is 0. The van der Waals surface area contributed by atoms with Gasteiger partial charge in [0, 0.05) is 25.4 Å². The summed E-state index contributed by atoms with van der Waals surface area (Å²) in [6, 6.07) is 5.78. The molecule has 0 radical (unpaired) electrons. The Morgan fingerprint density at radius 1 is 1.20 bits per heavy atom. The van der Waals surface area contributed by atoms with Crippen molar-refractivity contribution in [3.05, 3.63) is 40.8 Å². The van der Waals surface area contributed by atoms with Gasteiger partial charge in [0.2, 0.25) is 0 Å². The van der Waals surface area contributed by atoms with E-state index in [1.807, 2.05) is 43.7 Å². The third-order valence-electron chi connectivity index (χ3n) is 3.95. The summed E-state index contributed by atoms with van der Waals surface area (Å²) in [6.45, 7) is 11.6. The molecule has 0 fully saturated rings. The molecule has 0 bridgehead atoms. The Morgan fingerprint density at radius 2 is 1.92 bits per heavy atom. The van der Waals surface area contributed by atoms with Crippen LogP contribution >= 0.6 is 0 Å². The number of hydrogen-bond acceptors (Lipinski definition) is 3. The highest BCUT2D eigenvalue weighted by Crippen LogP contribution is 2.14. The maximum absolute atomic E-state index is 12.5. The second-order valence-electron chi connectivity index (χ2n) is 7.14. The Morgan fingerprint density at radius 3 is 2.56 bits per heavy atom. The minimum atomic E-state index is -0.161. The fourth-order valence-corrected chi connectivity index (χ4v) is 2.72. The fourth-order valence-electron chi connectivity index (χ4n) is 2.72. The molecular weight excluding hydrogens is 314 g/mol. The quantitative estimate of drug-likeness (QED) is 0.865. The number of carbonyl (C=O) groups excluding carboxylic acids is 1. The van der Waals surface area contributed by atoms with Crippen molar-refractivity contribution in [1.29, 1.82) is 0 Å². The van der Waals surface area contributed by atoms with E-state index < -0.39 is 0 Å². The Hall–Kier alpha value is -2.37. The Balaban J connectivity index is 2.03. The predicted molar refractivity (Wildman–Crippen MR) is 101 cm³/mol. The van der Waals surface area contributed by atoms with E-state index in [1.54, 1.807) is 11.9 Å². The molecule has 0 atom stereocenters. The molecule has 6 nitrogen and oxygen atoms in total. The van der Waals surface area contributed by atoms with Gasteiger partial charge < -0.3 is 4.90 Å². The zero-order valence-corrected chi connectivity index (χ0v) is 16.1. The molecule has 1 N–H and O–H groups in total. The van der Waals surface area contributed by atoms with Crippen molar-refractivity contribution in [3.8, 4) is 0 Å². The van der Waals surface area contributed by atoms with Crippen LogP contribution in [0.15, 0.2) is 18.2 Å². The van der Waals surface area contributed by atoms with Gasteiger partial charge >= 0.3 is 6.03 Å². The van der Waals surface area contributed by atoms with Crippen LogP contribution in [0.5, 0.6) is 0 Å². The largest absolute Gasteiger partial charge is 0.323 e. The lowest BCUT2D eigenvalue weighted by Crippen LogP contribution is -2.32. The Bertz CT molecular complexity index is 715. The van der Waals surface area contributed by atoms with Gasteiger partial charge in [0.1, 0.15) is 5.82 Å². The first-order valence-electron chi connectivity index (χ1n) is 8.75. The average Bonchev–Trinajstić information content (AvgIpc) is 2.83. The molecule has 2 aromatic heterocycles. The highest BCUT2D eigenvalue weighted by Gasteiger charge is 2.14. The first-order valence-corrected chi connectivity index (χ1v) is 8.75. The SMILES string of the molecule is Cc1cc(C)nc(CN(C)C(=O)Nc2cc(C)nn2CCC(C)C)c1. The molecule has 2 aromatic rings. The number of anilines is 1. The first kappa shape index (κ1) is 19.0. The molecule has 0 aliphatic carbocycles. The van der Waals surface area contributed by atoms with E-state index in [2.05, 4.69) is 29.2 Å². The summed E-state index contributed by atoms with van der Waals surface area (Å²) in [5, 5.41) is 7.44. The second kappa shape index (κ2) is 8.14. The molecule has 0 saturated carbocycles. The van der Waals surface area contributed by atoms with Crippen molar-refractivity contribution in [3.63, 3.8) is 0 Å². The van der Waals surface area contributed by atoms with Crippen molar-refractivity contribution in [2.75, 3.05) is 12.4 Å². The number of nitrogens with zero attached hydrogens (tertiary/aromatic N) is 4. The molecule has 2 rings (SSSR count). The van der Waals surface area contributed by atoms with Crippen LogP contribution in [-0.4, -0.2) is 32.7 Å². The first-order chi connectivity index (χ1) is 11.7. The van der Waals surface area contributed by atoms with Gasteiger partial charge in [0.05, 0.1) is 17.9 Å². The van der Waals surface area contributed by atoms with Gasteiger partial charge in [-0.15, -0.1) is 0 Å². The average molecular weight is 343 g/mol. The van der Waals surface area contributed by atoms with Gasteiger partial charge in [-0.3, -0.25) is 10.3 Å². The van der Waals surface area contributed by atoms with Crippen LogP contribution in [0.25, 0.3) is 0 Å². The van der Waals surface area contributed by atoms with Crippen LogP contribution < -0.4 is 5.32 Å². The third kappa shape index (κ3) is 5.59.